The van der Waals surface area contributed by atoms with E-state index < -0.39 is 4.92 Å². The molecule has 190 valence electrons. The molecule has 2 amide bonds. The highest BCUT2D eigenvalue weighted by atomic mass is 16.6. The Balaban J connectivity index is 1.44. The van der Waals surface area contributed by atoms with Gasteiger partial charge in [-0.25, -0.2) is 0 Å². The predicted molar refractivity (Wildman–Crippen MR) is 138 cm³/mol. The molecular formula is C27H26N4O6. The minimum atomic E-state index is -0.502. The van der Waals surface area contributed by atoms with E-state index in [1.807, 2.05) is 12.1 Å². The molecule has 1 atom stereocenters. The summed E-state index contributed by atoms with van der Waals surface area (Å²) in [5, 5.41) is 27.0. The maximum absolute atomic E-state index is 12.9. The van der Waals surface area contributed by atoms with Crippen molar-refractivity contribution in [3.05, 3.63) is 75.8 Å². The monoisotopic (exact) mass is 502 g/mol. The van der Waals surface area contributed by atoms with Gasteiger partial charge in [0.05, 0.1) is 53.7 Å². The number of ether oxygens (including phenoxy) is 1. The van der Waals surface area contributed by atoms with Crippen LogP contribution in [0, 0.1) is 10.1 Å². The average molecular weight is 503 g/mol. The molecule has 3 aromatic rings. The van der Waals surface area contributed by atoms with Crippen molar-refractivity contribution < 1.29 is 24.4 Å². The summed E-state index contributed by atoms with van der Waals surface area (Å²) in [6, 6.07) is 15.2. The Morgan fingerprint density at radius 1 is 1.08 bits per heavy atom. The quantitative estimate of drug-likeness (QED) is 0.341. The number of rotatable bonds is 6. The fourth-order valence-electron chi connectivity index (χ4n) is 4.91. The standard InChI is InChI=1S/C27H26N4O6/c1-37-25-14-18(6-9-24(25)31(35)36)17-5-7-20-22(13-17)28-23-11-16(4-8-21(23)29-27(20)34)12-26(33)30-10-2-3-19(30)15-32/h4-9,11,13-14,19,28,32H,2-3,10,12,15H2,1H3,(H,29,34)/t19-/m1/s1. The minimum absolute atomic E-state index is 0.0380. The minimum Gasteiger partial charge on any atom is -0.490 e. The van der Waals surface area contributed by atoms with Gasteiger partial charge in [0.2, 0.25) is 5.91 Å². The molecule has 1 saturated heterocycles. The second kappa shape index (κ2) is 9.90. The van der Waals surface area contributed by atoms with Gasteiger partial charge in [0, 0.05) is 12.6 Å². The van der Waals surface area contributed by atoms with Crippen molar-refractivity contribution in [3.8, 4) is 16.9 Å². The molecule has 2 aliphatic heterocycles. The van der Waals surface area contributed by atoms with Crippen LogP contribution in [0.4, 0.5) is 22.7 Å². The van der Waals surface area contributed by atoms with Crippen LogP contribution in [0.3, 0.4) is 0 Å². The lowest BCUT2D eigenvalue weighted by molar-refractivity contribution is -0.385. The average Bonchev–Trinajstić information content (AvgIpc) is 3.33. The Morgan fingerprint density at radius 2 is 1.86 bits per heavy atom. The van der Waals surface area contributed by atoms with E-state index in [0.29, 0.717) is 34.7 Å². The molecule has 2 heterocycles. The fourth-order valence-corrected chi connectivity index (χ4v) is 4.91. The second-order valence-corrected chi connectivity index (χ2v) is 9.11. The number of aliphatic hydroxyl groups excluding tert-OH is 1. The summed E-state index contributed by atoms with van der Waals surface area (Å²) in [5.74, 6) is -0.172. The maximum atomic E-state index is 12.9. The highest BCUT2D eigenvalue weighted by Gasteiger charge is 2.28. The van der Waals surface area contributed by atoms with Gasteiger partial charge in [-0.2, -0.15) is 0 Å². The number of nitrogens with zero attached hydrogens (tertiary/aromatic N) is 2. The van der Waals surface area contributed by atoms with E-state index in [1.54, 1.807) is 41.3 Å². The van der Waals surface area contributed by atoms with Gasteiger partial charge < -0.3 is 25.4 Å². The van der Waals surface area contributed by atoms with Crippen LogP contribution in [-0.4, -0.2) is 53.0 Å². The molecule has 0 aromatic heterocycles. The molecule has 0 bridgehead atoms. The molecule has 0 aliphatic carbocycles. The molecule has 0 unspecified atom stereocenters. The number of amides is 2. The number of nitro groups is 1. The van der Waals surface area contributed by atoms with Gasteiger partial charge in [0.15, 0.2) is 5.75 Å². The number of fused-ring (bicyclic) bond motifs is 2. The first-order valence-electron chi connectivity index (χ1n) is 12.0. The first kappa shape index (κ1) is 24.3. The van der Waals surface area contributed by atoms with Crippen molar-refractivity contribution in [2.75, 3.05) is 30.9 Å². The van der Waals surface area contributed by atoms with Crippen LogP contribution in [0.15, 0.2) is 54.6 Å². The topological polar surface area (TPSA) is 134 Å². The van der Waals surface area contributed by atoms with Gasteiger partial charge in [-0.15, -0.1) is 0 Å². The number of hydrogen-bond acceptors (Lipinski definition) is 7. The predicted octanol–water partition coefficient (Wildman–Crippen LogP) is 4.11. The third-order valence-electron chi connectivity index (χ3n) is 6.84. The summed E-state index contributed by atoms with van der Waals surface area (Å²) in [6.45, 7) is 0.607. The molecule has 37 heavy (non-hydrogen) atoms. The highest BCUT2D eigenvalue weighted by molar-refractivity contribution is 6.12. The summed E-state index contributed by atoms with van der Waals surface area (Å²) in [6.07, 6.45) is 1.88. The number of aliphatic hydroxyl groups is 1. The van der Waals surface area contributed by atoms with E-state index in [9.17, 15) is 24.8 Å². The highest BCUT2D eigenvalue weighted by Crippen LogP contribution is 2.37. The number of carbonyl (C=O) groups excluding carboxylic acids is 2. The van der Waals surface area contributed by atoms with Crippen LogP contribution < -0.4 is 15.4 Å². The number of anilines is 3. The van der Waals surface area contributed by atoms with Gasteiger partial charge in [0.25, 0.3) is 5.91 Å². The summed E-state index contributed by atoms with van der Waals surface area (Å²) in [7, 11) is 1.38. The van der Waals surface area contributed by atoms with Gasteiger partial charge in [-0.05, 0) is 65.9 Å². The third-order valence-corrected chi connectivity index (χ3v) is 6.84. The molecule has 2 aliphatic rings. The molecule has 3 N–H and O–H groups in total. The molecule has 0 saturated carbocycles. The van der Waals surface area contributed by atoms with E-state index in [2.05, 4.69) is 10.6 Å². The fraction of sp³-hybridized carbons (Fsp3) is 0.259. The normalized spacial score (nSPS) is 16.2. The Bertz CT molecular complexity index is 1410. The number of carbonyl (C=O) groups is 2. The van der Waals surface area contributed by atoms with Crippen molar-refractivity contribution in [1.29, 1.82) is 0 Å². The third kappa shape index (κ3) is 4.70. The van der Waals surface area contributed by atoms with Crippen LogP contribution >= 0.6 is 0 Å². The maximum Gasteiger partial charge on any atom is 0.310 e. The lowest BCUT2D eigenvalue weighted by Crippen LogP contribution is -2.38. The van der Waals surface area contributed by atoms with Crippen LogP contribution in [0.2, 0.25) is 0 Å². The number of hydrogen-bond donors (Lipinski definition) is 3. The van der Waals surface area contributed by atoms with Crippen molar-refractivity contribution in [3.63, 3.8) is 0 Å². The molecule has 5 rings (SSSR count). The van der Waals surface area contributed by atoms with E-state index in [1.165, 1.54) is 13.2 Å². The van der Waals surface area contributed by atoms with Crippen molar-refractivity contribution in [1.82, 2.24) is 4.90 Å². The lowest BCUT2D eigenvalue weighted by atomic mass is 10.0. The van der Waals surface area contributed by atoms with Gasteiger partial charge in [-0.1, -0.05) is 12.1 Å². The Morgan fingerprint density at radius 3 is 2.62 bits per heavy atom. The summed E-state index contributed by atoms with van der Waals surface area (Å²) in [4.78, 5) is 38.3. The molecule has 0 radical (unpaired) electrons. The largest absolute Gasteiger partial charge is 0.490 e. The lowest BCUT2D eigenvalue weighted by Gasteiger charge is -2.23. The molecule has 10 nitrogen and oxygen atoms in total. The number of methoxy groups -OCH3 is 1. The Hall–Kier alpha value is -4.44. The van der Waals surface area contributed by atoms with E-state index in [-0.39, 0.29) is 42.3 Å². The molecular weight excluding hydrogens is 476 g/mol. The Kier molecular flexibility index (Phi) is 6.49. The van der Waals surface area contributed by atoms with Gasteiger partial charge in [0.1, 0.15) is 0 Å². The van der Waals surface area contributed by atoms with Crippen molar-refractivity contribution >= 4 is 34.6 Å². The van der Waals surface area contributed by atoms with Crippen LogP contribution in [0.5, 0.6) is 5.75 Å². The molecule has 1 fully saturated rings. The number of nitrogens with one attached hydrogen (secondary N) is 2. The van der Waals surface area contributed by atoms with Crippen molar-refractivity contribution in [2.45, 2.75) is 25.3 Å². The van der Waals surface area contributed by atoms with E-state index >= 15 is 0 Å². The van der Waals surface area contributed by atoms with Gasteiger partial charge >= 0.3 is 5.69 Å². The van der Waals surface area contributed by atoms with Crippen molar-refractivity contribution in [2.24, 2.45) is 0 Å². The second-order valence-electron chi connectivity index (χ2n) is 9.11. The van der Waals surface area contributed by atoms with Crippen LogP contribution in [-0.2, 0) is 11.2 Å². The number of likely N-dealkylation sites (tertiary alicyclic amines) is 1. The molecule has 3 aromatic carbocycles. The Labute approximate surface area is 213 Å². The van der Waals surface area contributed by atoms with Crippen LogP contribution in [0.1, 0.15) is 28.8 Å². The summed E-state index contributed by atoms with van der Waals surface area (Å²) < 4.78 is 5.19. The van der Waals surface area contributed by atoms with E-state index in [4.69, 9.17) is 4.74 Å². The van der Waals surface area contributed by atoms with E-state index in [0.717, 1.165) is 24.0 Å². The summed E-state index contributed by atoms with van der Waals surface area (Å²) in [5.41, 5.74) is 4.33. The molecule has 10 heteroatoms. The smallest absolute Gasteiger partial charge is 0.310 e. The zero-order valence-electron chi connectivity index (χ0n) is 20.2. The first-order valence-corrected chi connectivity index (χ1v) is 12.0. The molecule has 0 spiro atoms. The first-order chi connectivity index (χ1) is 17.9. The SMILES string of the molecule is COc1cc(-c2ccc3c(c2)Nc2cc(CC(=O)N4CCC[C@@H]4CO)ccc2NC3=O)ccc1[N+](=O)[O-]. The number of benzene rings is 3. The van der Waals surface area contributed by atoms with Gasteiger partial charge in [-0.3, -0.25) is 19.7 Å². The van der Waals surface area contributed by atoms with Crippen LogP contribution in [0.25, 0.3) is 11.1 Å². The zero-order chi connectivity index (χ0) is 26.1. The summed E-state index contributed by atoms with van der Waals surface area (Å²) >= 11 is 0. The number of nitro benzene ring substituents is 1. The zero-order valence-corrected chi connectivity index (χ0v) is 20.2.